The number of anilines is 1. The Morgan fingerprint density at radius 1 is 1.10 bits per heavy atom. The van der Waals surface area contributed by atoms with Crippen LogP contribution >= 0.6 is 0 Å². The third-order valence-corrected chi connectivity index (χ3v) is 5.40. The van der Waals surface area contributed by atoms with Crippen molar-refractivity contribution in [2.45, 2.75) is 39.3 Å². The molecule has 1 amide bonds. The van der Waals surface area contributed by atoms with Crippen molar-refractivity contribution in [3.63, 3.8) is 0 Å². The fraction of sp³-hybridized carbons (Fsp3) is 0.348. The molecule has 3 aromatic rings. The highest BCUT2D eigenvalue weighted by atomic mass is 16.1. The van der Waals surface area contributed by atoms with E-state index in [9.17, 15) is 4.79 Å². The Morgan fingerprint density at radius 2 is 1.90 bits per heavy atom. The first-order valence-corrected chi connectivity index (χ1v) is 10.3. The fourth-order valence-electron chi connectivity index (χ4n) is 3.83. The minimum absolute atomic E-state index is 0.0827. The van der Waals surface area contributed by atoms with Gasteiger partial charge in [-0.2, -0.15) is 5.10 Å². The van der Waals surface area contributed by atoms with Gasteiger partial charge in [-0.25, -0.2) is 4.98 Å². The van der Waals surface area contributed by atoms with Crippen LogP contribution in [0.2, 0.25) is 0 Å². The zero-order chi connectivity index (χ0) is 20.1. The van der Waals surface area contributed by atoms with Gasteiger partial charge >= 0.3 is 0 Å². The number of nitrogens with one attached hydrogen (secondary N) is 1. The molecule has 1 aliphatic heterocycles. The molecule has 1 aromatic carbocycles. The van der Waals surface area contributed by atoms with Crippen molar-refractivity contribution in [2.75, 3.05) is 18.0 Å². The van der Waals surface area contributed by atoms with E-state index in [1.54, 1.807) is 6.20 Å². The molecule has 3 heterocycles. The van der Waals surface area contributed by atoms with E-state index in [0.29, 0.717) is 18.7 Å². The lowest BCUT2D eigenvalue weighted by molar-refractivity contribution is 0.0950. The molecule has 0 aliphatic carbocycles. The van der Waals surface area contributed by atoms with Gasteiger partial charge in [-0.05, 0) is 42.5 Å². The molecule has 1 saturated heterocycles. The summed E-state index contributed by atoms with van der Waals surface area (Å²) in [6.45, 7) is 5.32. The SMILES string of the molecule is CCc1c(C(=O)NCc2ccnc(N3CCCC3)c2)cnn1Cc1ccccc1. The maximum absolute atomic E-state index is 12.8. The van der Waals surface area contributed by atoms with Gasteiger partial charge in [0.05, 0.1) is 24.0 Å². The van der Waals surface area contributed by atoms with Crippen molar-refractivity contribution < 1.29 is 4.79 Å². The van der Waals surface area contributed by atoms with Crippen molar-refractivity contribution in [1.29, 1.82) is 0 Å². The Bertz CT molecular complexity index is 960. The van der Waals surface area contributed by atoms with E-state index in [0.717, 1.165) is 36.6 Å². The highest BCUT2D eigenvalue weighted by molar-refractivity contribution is 5.95. The molecule has 1 N–H and O–H groups in total. The number of aromatic nitrogens is 3. The van der Waals surface area contributed by atoms with Crippen LogP contribution < -0.4 is 10.2 Å². The molecular weight excluding hydrogens is 362 g/mol. The van der Waals surface area contributed by atoms with Gasteiger partial charge in [0.1, 0.15) is 5.82 Å². The van der Waals surface area contributed by atoms with Crippen LogP contribution in [0.25, 0.3) is 0 Å². The van der Waals surface area contributed by atoms with Crippen molar-refractivity contribution >= 4 is 11.7 Å². The van der Waals surface area contributed by atoms with Crippen molar-refractivity contribution in [2.24, 2.45) is 0 Å². The normalized spacial score (nSPS) is 13.6. The molecule has 6 nitrogen and oxygen atoms in total. The Morgan fingerprint density at radius 3 is 2.66 bits per heavy atom. The summed E-state index contributed by atoms with van der Waals surface area (Å²) in [7, 11) is 0. The van der Waals surface area contributed by atoms with Crippen LogP contribution in [0.3, 0.4) is 0 Å². The minimum atomic E-state index is -0.0827. The molecule has 6 heteroatoms. The first-order chi connectivity index (χ1) is 14.2. The molecule has 1 aliphatic rings. The molecule has 0 radical (unpaired) electrons. The zero-order valence-electron chi connectivity index (χ0n) is 16.8. The van der Waals surface area contributed by atoms with Crippen molar-refractivity contribution in [3.05, 3.63) is 77.2 Å². The number of hydrogen-bond acceptors (Lipinski definition) is 4. The van der Waals surface area contributed by atoms with Crippen LogP contribution in [0.15, 0.2) is 54.9 Å². The lowest BCUT2D eigenvalue weighted by Crippen LogP contribution is -2.24. The van der Waals surface area contributed by atoms with E-state index >= 15 is 0 Å². The maximum atomic E-state index is 12.8. The molecule has 0 bridgehead atoms. The monoisotopic (exact) mass is 389 g/mol. The van der Waals surface area contributed by atoms with E-state index in [1.165, 1.54) is 18.4 Å². The number of carbonyl (C=O) groups is 1. The number of amides is 1. The molecule has 4 rings (SSSR count). The second-order valence-corrected chi connectivity index (χ2v) is 7.40. The summed E-state index contributed by atoms with van der Waals surface area (Å²) in [6, 6.07) is 14.2. The molecule has 0 spiro atoms. The Hall–Kier alpha value is -3.15. The van der Waals surface area contributed by atoms with E-state index < -0.39 is 0 Å². The summed E-state index contributed by atoms with van der Waals surface area (Å²) in [6.07, 6.45) is 6.69. The van der Waals surface area contributed by atoms with Gasteiger partial charge in [-0.1, -0.05) is 37.3 Å². The smallest absolute Gasteiger partial charge is 0.255 e. The van der Waals surface area contributed by atoms with Crippen LogP contribution in [0.4, 0.5) is 5.82 Å². The van der Waals surface area contributed by atoms with Gasteiger partial charge in [0.15, 0.2) is 0 Å². The summed E-state index contributed by atoms with van der Waals surface area (Å²) < 4.78 is 1.92. The topological polar surface area (TPSA) is 63.1 Å². The van der Waals surface area contributed by atoms with Gasteiger partial charge in [0.25, 0.3) is 5.91 Å². The highest BCUT2D eigenvalue weighted by Gasteiger charge is 2.17. The lowest BCUT2D eigenvalue weighted by atomic mass is 10.1. The highest BCUT2D eigenvalue weighted by Crippen LogP contribution is 2.19. The summed E-state index contributed by atoms with van der Waals surface area (Å²) in [5.41, 5.74) is 3.84. The molecule has 2 aromatic heterocycles. The number of carbonyl (C=O) groups excluding carboxylic acids is 1. The first-order valence-electron chi connectivity index (χ1n) is 10.3. The summed E-state index contributed by atoms with van der Waals surface area (Å²) >= 11 is 0. The molecule has 0 unspecified atom stereocenters. The minimum Gasteiger partial charge on any atom is -0.357 e. The van der Waals surface area contributed by atoms with Crippen LogP contribution in [0.5, 0.6) is 0 Å². The van der Waals surface area contributed by atoms with Gasteiger partial charge in [-0.15, -0.1) is 0 Å². The Balaban J connectivity index is 1.43. The molecule has 1 fully saturated rings. The number of nitrogens with zero attached hydrogens (tertiary/aromatic N) is 4. The van der Waals surface area contributed by atoms with E-state index in [-0.39, 0.29) is 5.91 Å². The molecule has 0 atom stereocenters. The summed E-state index contributed by atoms with van der Waals surface area (Å²) in [5, 5.41) is 7.51. The van der Waals surface area contributed by atoms with Crippen LogP contribution in [-0.4, -0.2) is 33.8 Å². The van der Waals surface area contributed by atoms with Crippen molar-refractivity contribution in [1.82, 2.24) is 20.1 Å². The predicted molar refractivity (Wildman–Crippen MR) is 114 cm³/mol. The van der Waals surface area contributed by atoms with Gasteiger partial charge in [0, 0.05) is 25.8 Å². The second kappa shape index (κ2) is 8.90. The molecule has 29 heavy (non-hydrogen) atoms. The quantitative estimate of drug-likeness (QED) is 0.673. The van der Waals surface area contributed by atoms with Crippen LogP contribution in [-0.2, 0) is 19.5 Å². The number of rotatable bonds is 7. The van der Waals surface area contributed by atoms with Gasteiger partial charge in [0.2, 0.25) is 0 Å². The van der Waals surface area contributed by atoms with Crippen LogP contribution in [0.1, 0.15) is 46.9 Å². The second-order valence-electron chi connectivity index (χ2n) is 7.40. The summed E-state index contributed by atoms with van der Waals surface area (Å²) in [4.78, 5) is 19.6. The fourth-order valence-corrected chi connectivity index (χ4v) is 3.83. The molecule has 150 valence electrons. The number of pyridine rings is 1. The lowest BCUT2D eigenvalue weighted by Gasteiger charge is -2.17. The third-order valence-electron chi connectivity index (χ3n) is 5.40. The first kappa shape index (κ1) is 19.2. The number of benzene rings is 1. The molecular formula is C23H27N5O. The van der Waals surface area contributed by atoms with Crippen LogP contribution in [0, 0.1) is 0 Å². The largest absolute Gasteiger partial charge is 0.357 e. The average Bonchev–Trinajstić information content (AvgIpc) is 3.43. The summed E-state index contributed by atoms with van der Waals surface area (Å²) in [5.74, 6) is 0.917. The van der Waals surface area contributed by atoms with Crippen molar-refractivity contribution in [3.8, 4) is 0 Å². The average molecular weight is 390 g/mol. The maximum Gasteiger partial charge on any atom is 0.255 e. The van der Waals surface area contributed by atoms with E-state index in [4.69, 9.17) is 0 Å². The molecule has 0 saturated carbocycles. The number of hydrogen-bond donors (Lipinski definition) is 1. The Labute approximate surface area is 171 Å². The Kier molecular flexibility index (Phi) is 5.89. The standard InChI is InChI=1S/C23H27N5O/c1-2-21-20(16-26-28(21)17-18-8-4-3-5-9-18)23(29)25-15-19-10-11-24-22(14-19)27-12-6-7-13-27/h3-5,8-11,14,16H,2,6-7,12-13,15,17H2,1H3,(H,25,29). The third kappa shape index (κ3) is 4.47. The zero-order valence-corrected chi connectivity index (χ0v) is 16.8. The van der Waals surface area contributed by atoms with E-state index in [2.05, 4.69) is 45.4 Å². The predicted octanol–water partition coefficient (Wildman–Crippen LogP) is 3.42. The van der Waals surface area contributed by atoms with E-state index in [1.807, 2.05) is 35.1 Å². The van der Waals surface area contributed by atoms with Gasteiger partial charge in [-0.3, -0.25) is 9.48 Å². The van der Waals surface area contributed by atoms with Gasteiger partial charge < -0.3 is 10.2 Å².